The molecule has 2 heterocycles. The third-order valence-electron chi connectivity index (χ3n) is 3.80. The smallest absolute Gasteiger partial charge is 0.241 e. The lowest BCUT2D eigenvalue weighted by Crippen LogP contribution is -2.53. The number of hydrogen-bond donors (Lipinski definition) is 1. The van der Waals surface area contributed by atoms with E-state index in [0.717, 1.165) is 25.9 Å². The summed E-state index contributed by atoms with van der Waals surface area (Å²) in [6.07, 6.45) is 1.91. The standard InChI is InChI=1S/C12H22N4O2/c1-14-6-7-16(9-11(14)17)12(18)8-15-4-2-10(13)3-5-15/h10H,2-9,13H2,1H3. The van der Waals surface area contributed by atoms with Gasteiger partial charge in [-0.15, -0.1) is 0 Å². The fourth-order valence-corrected chi connectivity index (χ4v) is 2.37. The molecule has 2 rings (SSSR count). The molecule has 2 N–H and O–H groups in total. The summed E-state index contributed by atoms with van der Waals surface area (Å²) in [6.45, 7) is 3.69. The van der Waals surface area contributed by atoms with Gasteiger partial charge in [-0.3, -0.25) is 14.5 Å². The van der Waals surface area contributed by atoms with Crippen molar-refractivity contribution >= 4 is 11.8 Å². The first-order valence-electron chi connectivity index (χ1n) is 6.56. The second-order valence-corrected chi connectivity index (χ2v) is 5.24. The summed E-state index contributed by atoms with van der Waals surface area (Å²) >= 11 is 0. The lowest BCUT2D eigenvalue weighted by atomic mass is 10.1. The Morgan fingerprint density at radius 2 is 1.94 bits per heavy atom. The van der Waals surface area contributed by atoms with Crippen molar-refractivity contribution in [3.63, 3.8) is 0 Å². The Kier molecular flexibility index (Phi) is 4.19. The number of amides is 2. The van der Waals surface area contributed by atoms with Crippen molar-refractivity contribution < 1.29 is 9.59 Å². The molecule has 2 aliphatic rings. The van der Waals surface area contributed by atoms with Gasteiger partial charge in [0.1, 0.15) is 0 Å². The summed E-state index contributed by atoms with van der Waals surface area (Å²) in [5.74, 6) is 0.0854. The normalized spacial score (nSPS) is 23.6. The van der Waals surface area contributed by atoms with Crippen LogP contribution in [0.2, 0.25) is 0 Å². The van der Waals surface area contributed by atoms with Crippen LogP contribution in [0.15, 0.2) is 0 Å². The number of carbonyl (C=O) groups is 2. The summed E-state index contributed by atoms with van der Waals surface area (Å²) in [5, 5.41) is 0. The lowest BCUT2D eigenvalue weighted by molar-refractivity contribution is -0.144. The average Bonchev–Trinajstić information content (AvgIpc) is 2.35. The van der Waals surface area contributed by atoms with Gasteiger partial charge in [0.15, 0.2) is 0 Å². The minimum Gasteiger partial charge on any atom is -0.342 e. The molecule has 2 aliphatic heterocycles. The van der Waals surface area contributed by atoms with Gasteiger partial charge in [0, 0.05) is 39.3 Å². The minimum absolute atomic E-state index is 0.0234. The van der Waals surface area contributed by atoms with Gasteiger partial charge in [-0.25, -0.2) is 0 Å². The van der Waals surface area contributed by atoms with E-state index in [1.54, 1.807) is 16.8 Å². The highest BCUT2D eigenvalue weighted by molar-refractivity contribution is 5.86. The second-order valence-electron chi connectivity index (χ2n) is 5.24. The van der Waals surface area contributed by atoms with Crippen LogP contribution in [0.25, 0.3) is 0 Å². The van der Waals surface area contributed by atoms with Gasteiger partial charge >= 0.3 is 0 Å². The lowest BCUT2D eigenvalue weighted by Gasteiger charge is -2.35. The molecular weight excluding hydrogens is 232 g/mol. The number of nitrogens with two attached hydrogens (primary N) is 1. The van der Waals surface area contributed by atoms with E-state index in [-0.39, 0.29) is 24.4 Å². The van der Waals surface area contributed by atoms with Gasteiger partial charge < -0.3 is 15.5 Å². The molecule has 2 saturated heterocycles. The Labute approximate surface area is 108 Å². The third kappa shape index (κ3) is 3.20. The number of carbonyl (C=O) groups excluding carboxylic acids is 2. The Bertz CT molecular complexity index is 326. The zero-order valence-corrected chi connectivity index (χ0v) is 11.0. The number of hydrogen-bond acceptors (Lipinski definition) is 4. The van der Waals surface area contributed by atoms with E-state index < -0.39 is 0 Å². The van der Waals surface area contributed by atoms with Crippen LogP contribution in [0, 0.1) is 0 Å². The summed E-state index contributed by atoms with van der Waals surface area (Å²) < 4.78 is 0. The molecule has 6 heteroatoms. The first-order chi connectivity index (χ1) is 8.56. The van der Waals surface area contributed by atoms with Crippen molar-refractivity contribution in [2.75, 3.05) is 46.3 Å². The third-order valence-corrected chi connectivity index (χ3v) is 3.80. The summed E-state index contributed by atoms with van der Waals surface area (Å²) in [4.78, 5) is 29.1. The minimum atomic E-state index is 0.0234. The van der Waals surface area contributed by atoms with E-state index in [9.17, 15) is 9.59 Å². The molecule has 102 valence electrons. The molecule has 6 nitrogen and oxygen atoms in total. The van der Waals surface area contributed by atoms with E-state index in [1.807, 2.05) is 0 Å². The Morgan fingerprint density at radius 1 is 1.28 bits per heavy atom. The Hall–Kier alpha value is -1.14. The fourth-order valence-electron chi connectivity index (χ4n) is 2.37. The van der Waals surface area contributed by atoms with Crippen molar-refractivity contribution in [1.82, 2.24) is 14.7 Å². The van der Waals surface area contributed by atoms with Gasteiger partial charge in [-0.1, -0.05) is 0 Å². The quantitative estimate of drug-likeness (QED) is 0.666. The van der Waals surface area contributed by atoms with Crippen molar-refractivity contribution in [1.29, 1.82) is 0 Å². The predicted molar refractivity (Wildman–Crippen MR) is 67.9 cm³/mol. The van der Waals surface area contributed by atoms with Crippen LogP contribution in [0.1, 0.15) is 12.8 Å². The van der Waals surface area contributed by atoms with Crippen LogP contribution < -0.4 is 5.73 Å². The molecule has 0 unspecified atom stereocenters. The molecule has 0 atom stereocenters. The van der Waals surface area contributed by atoms with Gasteiger partial charge in [0.2, 0.25) is 11.8 Å². The fraction of sp³-hybridized carbons (Fsp3) is 0.833. The van der Waals surface area contributed by atoms with Crippen LogP contribution in [-0.4, -0.2) is 78.9 Å². The second kappa shape index (κ2) is 5.67. The van der Waals surface area contributed by atoms with Crippen molar-refractivity contribution in [2.45, 2.75) is 18.9 Å². The van der Waals surface area contributed by atoms with E-state index >= 15 is 0 Å². The van der Waals surface area contributed by atoms with Crippen LogP contribution in [-0.2, 0) is 9.59 Å². The predicted octanol–water partition coefficient (Wildman–Crippen LogP) is -1.29. The molecule has 18 heavy (non-hydrogen) atoms. The highest BCUT2D eigenvalue weighted by Gasteiger charge is 2.26. The molecule has 0 bridgehead atoms. The first kappa shape index (κ1) is 13.3. The van der Waals surface area contributed by atoms with E-state index in [0.29, 0.717) is 19.6 Å². The summed E-state index contributed by atoms with van der Waals surface area (Å²) in [7, 11) is 1.77. The molecule has 0 aromatic carbocycles. The molecule has 0 aromatic heterocycles. The Morgan fingerprint density at radius 3 is 2.56 bits per heavy atom. The summed E-state index contributed by atoms with van der Waals surface area (Å²) in [6, 6.07) is 0.279. The molecule has 2 fully saturated rings. The van der Waals surface area contributed by atoms with Crippen LogP contribution >= 0.6 is 0 Å². The maximum atomic E-state index is 12.1. The zero-order valence-electron chi connectivity index (χ0n) is 11.0. The topological polar surface area (TPSA) is 69.9 Å². The molecular formula is C12H22N4O2. The number of piperidine rings is 1. The zero-order chi connectivity index (χ0) is 13.1. The highest BCUT2D eigenvalue weighted by Crippen LogP contribution is 2.09. The van der Waals surface area contributed by atoms with Crippen LogP contribution in [0.5, 0.6) is 0 Å². The van der Waals surface area contributed by atoms with Gasteiger partial charge in [-0.2, -0.15) is 0 Å². The van der Waals surface area contributed by atoms with Gasteiger partial charge in [0.05, 0.1) is 13.1 Å². The Balaban J connectivity index is 1.79. The molecule has 0 saturated carbocycles. The molecule has 0 spiro atoms. The molecule has 0 aliphatic carbocycles. The van der Waals surface area contributed by atoms with Crippen molar-refractivity contribution in [3.8, 4) is 0 Å². The number of likely N-dealkylation sites (tertiary alicyclic amines) is 1. The van der Waals surface area contributed by atoms with Crippen molar-refractivity contribution in [2.24, 2.45) is 5.73 Å². The summed E-state index contributed by atoms with van der Waals surface area (Å²) in [5.41, 5.74) is 5.83. The first-order valence-corrected chi connectivity index (χ1v) is 6.56. The van der Waals surface area contributed by atoms with Crippen LogP contribution in [0.4, 0.5) is 0 Å². The number of nitrogens with zero attached hydrogens (tertiary/aromatic N) is 3. The monoisotopic (exact) mass is 254 g/mol. The van der Waals surface area contributed by atoms with E-state index in [4.69, 9.17) is 5.73 Å². The van der Waals surface area contributed by atoms with E-state index in [1.165, 1.54) is 0 Å². The molecule has 2 amide bonds. The number of piperazine rings is 1. The number of likely N-dealkylation sites (N-methyl/N-ethyl adjacent to an activating group) is 1. The maximum Gasteiger partial charge on any atom is 0.241 e. The van der Waals surface area contributed by atoms with Crippen LogP contribution in [0.3, 0.4) is 0 Å². The largest absolute Gasteiger partial charge is 0.342 e. The van der Waals surface area contributed by atoms with Gasteiger partial charge in [0.25, 0.3) is 0 Å². The van der Waals surface area contributed by atoms with Crippen molar-refractivity contribution in [3.05, 3.63) is 0 Å². The SMILES string of the molecule is CN1CCN(C(=O)CN2CCC(N)CC2)CC1=O. The maximum absolute atomic E-state index is 12.1. The average molecular weight is 254 g/mol. The molecule has 0 radical (unpaired) electrons. The van der Waals surface area contributed by atoms with E-state index in [2.05, 4.69) is 4.90 Å². The number of rotatable bonds is 2. The van der Waals surface area contributed by atoms with Gasteiger partial charge in [-0.05, 0) is 12.8 Å². The highest BCUT2D eigenvalue weighted by atomic mass is 16.2. The molecule has 0 aromatic rings.